The van der Waals surface area contributed by atoms with Crippen molar-refractivity contribution in [3.05, 3.63) is 0 Å². The number of hydrogen-bond donors (Lipinski definition) is 2. The van der Waals surface area contributed by atoms with Crippen LogP contribution in [0.3, 0.4) is 0 Å². The molecule has 0 aromatic rings. The lowest BCUT2D eigenvalue weighted by Gasteiger charge is -2.27. The van der Waals surface area contributed by atoms with E-state index < -0.39 is 5.92 Å². The predicted octanol–water partition coefficient (Wildman–Crippen LogP) is 1.88. The van der Waals surface area contributed by atoms with Gasteiger partial charge in [-0.1, -0.05) is 0 Å². The van der Waals surface area contributed by atoms with Gasteiger partial charge in [-0.2, -0.15) is 0 Å². The SMILES string of the molecule is NC(=NCC1CCCC(F)(F)C1)NC1CC1. The number of nitrogens with two attached hydrogens (primary N) is 1. The molecule has 3 nitrogen and oxygen atoms in total. The smallest absolute Gasteiger partial charge is 0.248 e. The third-order valence-corrected chi connectivity index (χ3v) is 3.19. The maximum absolute atomic E-state index is 13.1. The van der Waals surface area contributed by atoms with Crippen molar-refractivity contribution >= 4 is 5.96 Å². The molecule has 92 valence electrons. The first-order valence-electron chi connectivity index (χ1n) is 5.99. The number of nitrogens with one attached hydrogen (secondary N) is 1. The molecule has 2 fully saturated rings. The molecule has 0 aromatic heterocycles. The number of alkyl halides is 2. The first-order valence-corrected chi connectivity index (χ1v) is 5.99. The number of hydrogen-bond acceptors (Lipinski definition) is 1. The van der Waals surface area contributed by atoms with Gasteiger partial charge in [-0.3, -0.25) is 4.99 Å². The van der Waals surface area contributed by atoms with Crippen molar-refractivity contribution in [2.45, 2.75) is 50.5 Å². The molecule has 0 bridgehead atoms. The van der Waals surface area contributed by atoms with Crippen molar-refractivity contribution in [2.75, 3.05) is 6.54 Å². The molecule has 5 heteroatoms. The third kappa shape index (κ3) is 3.61. The Labute approximate surface area is 94.5 Å². The second-order valence-electron chi connectivity index (χ2n) is 4.96. The summed E-state index contributed by atoms with van der Waals surface area (Å²) in [5.74, 6) is -2.09. The van der Waals surface area contributed by atoms with Gasteiger partial charge in [-0.15, -0.1) is 0 Å². The Hall–Kier alpha value is -0.870. The van der Waals surface area contributed by atoms with Crippen LogP contribution in [-0.4, -0.2) is 24.5 Å². The molecule has 2 rings (SSSR count). The van der Waals surface area contributed by atoms with E-state index >= 15 is 0 Å². The third-order valence-electron chi connectivity index (χ3n) is 3.19. The highest BCUT2D eigenvalue weighted by Gasteiger charge is 2.35. The van der Waals surface area contributed by atoms with Crippen molar-refractivity contribution in [1.29, 1.82) is 0 Å². The van der Waals surface area contributed by atoms with Crippen LogP contribution < -0.4 is 11.1 Å². The highest BCUT2D eigenvalue weighted by atomic mass is 19.3. The quantitative estimate of drug-likeness (QED) is 0.575. The highest BCUT2D eigenvalue weighted by Crippen LogP contribution is 2.36. The van der Waals surface area contributed by atoms with Crippen LogP contribution >= 0.6 is 0 Å². The topological polar surface area (TPSA) is 50.4 Å². The Morgan fingerprint density at radius 3 is 2.75 bits per heavy atom. The molecule has 0 saturated heterocycles. The Morgan fingerprint density at radius 1 is 1.38 bits per heavy atom. The Balaban J connectivity index is 1.75. The molecule has 0 spiro atoms. The largest absolute Gasteiger partial charge is 0.370 e. The first-order chi connectivity index (χ1) is 7.55. The molecule has 1 atom stereocenters. The zero-order valence-corrected chi connectivity index (χ0v) is 9.38. The Morgan fingerprint density at radius 2 is 2.12 bits per heavy atom. The van der Waals surface area contributed by atoms with Crippen molar-refractivity contribution in [3.63, 3.8) is 0 Å². The van der Waals surface area contributed by atoms with Gasteiger partial charge in [0.05, 0.1) is 0 Å². The lowest BCUT2D eigenvalue weighted by molar-refractivity contribution is -0.0508. The second-order valence-corrected chi connectivity index (χ2v) is 4.96. The molecule has 3 N–H and O–H groups in total. The van der Waals surface area contributed by atoms with Crippen molar-refractivity contribution < 1.29 is 8.78 Å². The Kier molecular flexibility index (Phi) is 3.30. The zero-order valence-electron chi connectivity index (χ0n) is 9.38. The number of halogens is 2. The number of rotatable bonds is 3. The van der Waals surface area contributed by atoms with E-state index in [-0.39, 0.29) is 18.8 Å². The first kappa shape index (κ1) is 11.6. The minimum atomic E-state index is -2.49. The van der Waals surface area contributed by atoms with E-state index in [1.807, 2.05) is 0 Å². The van der Waals surface area contributed by atoms with Gasteiger partial charge >= 0.3 is 0 Å². The van der Waals surface area contributed by atoms with Gasteiger partial charge in [-0.05, 0) is 31.6 Å². The molecule has 16 heavy (non-hydrogen) atoms. The fourth-order valence-corrected chi connectivity index (χ4v) is 2.14. The molecule has 2 aliphatic carbocycles. The summed E-state index contributed by atoms with van der Waals surface area (Å²) < 4.78 is 26.2. The maximum Gasteiger partial charge on any atom is 0.248 e. The van der Waals surface area contributed by atoms with E-state index in [9.17, 15) is 8.78 Å². The Bertz CT molecular complexity index is 274. The molecule has 0 heterocycles. The van der Waals surface area contributed by atoms with E-state index in [1.54, 1.807) is 0 Å². The monoisotopic (exact) mass is 231 g/mol. The van der Waals surface area contributed by atoms with Gasteiger partial charge in [0.2, 0.25) is 5.92 Å². The molecular weight excluding hydrogens is 212 g/mol. The average molecular weight is 231 g/mol. The van der Waals surface area contributed by atoms with Gasteiger partial charge in [0.25, 0.3) is 0 Å². The molecule has 2 saturated carbocycles. The van der Waals surface area contributed by atoms with Crippen molar-refractivity contribution in [1.82, 2.24) is 5.32 Å². The maximum atomic E-state index is 13.1. The molecule has 0 amide bonds. The van der Waals surface area contributed by atoms with E-state index in [0.717, 1.165) is 19.3 Å². The number of nitrogens with zero attached hydrogens (tertiary/aromatic N) is 1. The fraction of sp³-hybridized carbons (Fsp3) is 0.909. The number of aliphatic imine (C=N–C) groups is 1. The van der Waals surface area contributed by atoms with Crippen LogP contribution in [0.2, 0.25) is 0 Å². The molecule has 0 aliphatic heterocycles. The minimum Gasteiger partial charge on any atom is -0.370 e. The van der Waals surface area contributed by atoms with Crippen LogP contribution in [0.25, 0.3) is 0 Å². The van der Waals surface area contributed by atoms with Gasteiger partial charge in [0.1, 0.15) is 0 Å². The van der Waals surface area contributed by atoms with Crippen LogP contribution in [0, 0.1) is 5.92 Å². The molecule has 0 radical (unpaired) electrons. The van der Waals surface area contributed by atoms with Crippen LogP contribution in [0.5, 0.6) is 0 Å². The van der Waals surface area contributed by atoms with Gasteiger partial charge in [-0.25, -0.2) is 8.78 Å². The standard InChI is InChI=1S/C11H19F2N3/c12-11(13)5-1-2-8(6-11)7-15-10(14)16-9-3-4-9/h8-9H,1-7H2,(H3,14,15,16). The minimum absolute atomic E-state index is 0.0108. The normalized spacial score (nSPS) is 30.1. The predicted molar refractivity (Wildman–Crippen MR) is 59.6 cm³/mol. The lowest BCUT2D eigenvalue weighted by atomic mass is 9.87. The van der Waals surface area contributed by atoms with E-state index in [4.69, 9.17) is 5.73 Å². The van der Waals surface area contributed by atoms with E-state index in [2.05, 4.69) is 10.3 Å². The summed E-state index contributed by atoms with van der Waals surface area (Å²) in [4.78, 5) is 4.14. The van der Waals surface area contributed by atoms with Crippen LogP contribution in [0.15, 0.2) is 4.99 Å². The summed E-state index contributed by atoms with van der Waals surface area (Å²) in [5.41, 5.74) is 5.65. The van der Waals surface area contributed by atoms with E-state index in [0.29, 0.717) is 25.0 Å². The summed E-state index contributed by atoms with van der Waals surface area (Å²) in [5, 5.41) is 3.05. The fourth-order valence-electron chi connectivity index (χ4n) is 2.14. The molecule has 2 aliphatic rings. The molecule has 1 unspecified atom stereocenters. The van der Waals surface area contributed by atoms with E-state index in [1.165, 1.54) is 0 Å². The average Bonchev–Trinajstić information content (AvgIpc) is 2.97. The summed E-state index contributed by atoms with van der Waals surface area (Å²) in [6.45, 7) is 0.432. The second kappa shape index (κ2) is 4.55. The van der Waals surface area contributed by atoms with Crippen LogP contribution in [-0.2, 0) is 0 Å². The summed E-state index contributed by atoms with van der Waals surface area (Å²) in [6, 6.07) is 0.469. The molecule has 0 aromatic carbocycles. The van der Waals surface area contributed by atoms with Crippen LogP contribution in [0.4, 0.5) is 8.78 Å². The van der Waals surface area contributed by atoms with Gasteiger partial charge in [0, 0.05) is 25.4 Å². The number of guanidine groups is 1. The highest BCUT2D eigenvalue weighted by molar-refractivity contribution is 5.78. The van der Waals surface area contributed by atoms with Gasteiger partial charge in [0.15, 0.2) is 5.96 Å². The zero-order chi connectivity index (χ0) is 11.6. The van der Waals surface area contributed by atoms with Crippen LogP contribution in [0.1, 0.15) is 38.5 Å². The molecular formula is C11H19F2N3. The van der Waals surface area contributed by atoms with Crippen molar-refractivity contribution in [3.8, 4) is 0 Å². The lowest BCUT2D eigenvalue weighted by Crippen LogP contribution is -2.34. The summed E-state index contributed by atoms with van der Waals surface area (Å²) in [7, 11) is 0. The summed E-state index contributed by atoms with van der Waals surface area (Å²) >= 11 is 0. The van der Waals surface area contributed by atoms with Crippen molar-refractivity contribution in [2.24, 2.45) is 16.6 Å². The van der Waals surface area contributed by atoms with Gasteiger partial charge < -0.3 is 11.1 Å². The summed E-state index contributed by atoms with van der Waals surface area (Å²) in [6.07, 6.45) is 3.71.